The fraction of sp³-hybridized carbons (Fsp3) is 0.0667. The summed E-state index contributed by atoms with van der Waals surface area (Å²) in [6.07, 6.45) is 0. The molecule has 0 amide bonds. The number of methoxy groups -OCH3 is 1. The molecule has 0 saturated heterocycles. The predicted octanol–water partition coefficient (Wildman–Crippen LogP) is 2.80. The monoisotopic (exact) mass is 302 g/mol. The molecule has 0 saturated carbocycles. The first-order chi connectivity index (χ1) is 10.6. The second kappa shape index (κ2) is 5.44. The fourth-order valence-corrected chi connectivity index (χ4v) is 2.05. The number of nitrogens with two attached hydrogens (primary N) is 1. The molecule has 0 aliphatic carbocycles. The van der Waals surface area contributed by atoms with E-state index in [0.29, 0.717) is 17.0 Å². The number of ether oxygens (including phenoxy) is 1. The summed E-state index contributed by atoms with van der Waals surface area (Å²) in [6, 6.07) is 10.5. The van der Waals surface area contributed by atoms with Crippen molar-refractivity contribution in [3.8, 4) is 22.7 Å². The summed E-state index contributed by atoms with van der Waals surface area (Å²) >= 11 is 0. The van der Waals surface area contributed by atoms with Gasteiger partial charge in [-0.1, -0.05) is 5.21 Å². The van der Waals surface area contributed by atoms with E-state index in [4.69, 9.17) is 10.5 Å². The Morgan fingerprint density at radius 1 is 1.05 bits per heavy atom. The van der Waals surface area contributed by atoms with Gasteiger partial charge in [-0.3, -0.25) is 0 Å². The van der Waals surface area contributed by atoms with E-state index >= 15 is 0 Å². The van der Waals surface area contributed by atoms with E-state index in [9.17, 15) is 8.78 Å². The lowest BCUT2D eigenvalue weighted by Gasteiger charge is -2.05. The van der Waals surface area contributed by atoms with Gasteiger partial charge >= 0.3 is 0 Å². The maximum absolute atomic E-state index is 13.3. The summed E-state index contributed by atoms with van der Waals surface area (Å²) in [7, 11) is 1.57. The van der Waals surface area contributed by atoms with Gasteiger partial charge in [-0.2, -0.15) is 4.68 Å². The Morgan fingerprint density at radius 2 is 1.77 bits per heavy atom. The lowest BCUT2D eigenvalue weighted by atomic mass is 10.1. The minimum absolute atomic E-state index is 0.233. The van der Waals surface area contributed by atoms with Crippen LogP contribution in [-0.4, -0.2) is 22.1 Å². The molecule has 0 aliphatic rings. The van der Waals surface area contributed by atoms with Crippen molar-refractivity contribution in [2.75, 3.05) is 12.8 Å². The lowest BCUT2D eigenvalue weighted by Crippen LogP contribution is -2.02. The summed E-state index contributed by atoms with van der Waals surface area (Å²) in [5.41, 5.74) is 7.34. The van der Waals surface area contributed by atoms with Gasteiger partial charge < -0.3 is 10.5 Å². The minimum atomic E-state index is -0.962. The molecule has 0 atom stereocenters. The lowest BCUT2D eigenvalue weighted by molar-refractivity contribution is 0.414. The van der Waals surface area contributed by atoms with Crippen molar-refractivity contribution in [1.29, 1.82) is 0 Å². The van der Waals surface area contributed by atoms with E-state index in [2.05, 4.69) is 10.3 Å². The van der Waals surface area contributed by atoms with E-state index < -0.39 is 11.6 Å². The van der Waals surface area contributed by atoms with Crippen LogP contribution in [0.3, 0.4) is 0 Å². The van der Waals surface area contributed by atoms with Gasteiger partial charge in [0.2, 0.25) is 0 Å². The Hall–Kier alpha value is -2.96. The van der Waals surface area contributed by atoms with Crippen LogP contribution in [0, 0.1) is 11.6 Å². The molecule has 0 aliphatic heterocycles. The number of nitrogens with zero attached hydrogens (tertiary/aromatic N) is 3. The van der Waals surface area contributed by atoms with Gasteiger partial charge in [0.25, 0.3) is 0 Å². The van der Waals surface area contributed by atoms with Crippen LogP contribution in [0.15, 0.2) is 42.5 Å². The Kier molecular flexibility index (Phi) is 3.46. The molecular weight excluding hydrogens is 290 g/mol. The Balaban J connectivity index is 2.02. The maximum Gasteiger partial charge on any atom is 0.159 e. The topological polar surface area (TPSA) is 66.0 Å². The Bertz CT molecular complexity index is 815. The van der Waals surface area contributed by atoms with Crippen LogP contribution in [0.4, 0.5) is 14.6 Å². The molecule has 22 heavy (non-hydrogen) atoms. The highest BCUT2D eigenvalue weighted by Crippen LogP contribution is 2.27. The van der Waals surface area contributed by atoms with Gasteiger partial charge in [-0.15, -0.1) is 5.10 Å². The minimum Gasteiger partial charge on any atom is -0.497 e. The number of nitrogen functional groups attached to an aromatic ring is 1. The van der Waals surface area contributed by atoms with Crippen molar-refractivity contribution in [3.05, 3.63) is 54.1 Å². The number of hydrogen-bond acceptors (Lipinski definition) is 4. The van der Waals surface area contributed by atoms with E-state index in [1.54, 1.807) is 31.4 Å². The van der Waals surface area contributed by atoms with Gasteiger partial charge in [0.05, 0.1) is 12.8 Å². The van der Waals surface area contributed by atoms with Gasteiger partial charge in [-0.25, -0.2) is 8.78 Å². The van der Waals surface area contributed by atoms with Gasteiger partial charge in [0.15, 0.2) is 17.5 Å². The second-order valence-corrected chi connectivity index (χ2v) is 4.56. The number of aromatic nitrogens is 3. The van der Waals surface area contributed by atoms with Crippen LogP contribution in [-0.2, 0) is 0 Å². The summed E-state index contributed by atoms with van der Waals surface area (Å²) in [5.74, 6) is -0.958. The standard InChI is InChI=1S/C15H12F2N4O/c1-22-11-5-3-10(4-6-11)21-15(18)14(19-20-21)9-2-7-12(16)13(17)8-9/h2-8H,18H2,1H3. The first kappa shape index (κ1) is 14.0. The molecule has 3 aromatic rings. The second-order valence-electron chi connectivity index (χ2n) is 4.56. The van der Waals surface area contributed by atoms with Crippen LogP contribution in [0.5, 0.6) is 5.75 Å². The Morgan fingerprint density at radius 3 is 2.41 bits per heavy atom. The molecule has 0 spiro atoms. The van der Waals surface area contributed by atoms with Gasteiger partial charge in [0.1, 0.15) is 11.4 Å². The van der Waals surface area contributed by atoms with Crippen molar-refractivity contribution in [2.24, 2.45) is 0 Å². The van der Waals surface area contributed by atoms with E-state index in [0.717, 1.165) is 12.1 Å². The smallest absolute Gasteiger partial charge is 0.159 e. The molecule has 3 rings (SSSR count). The molecule has 0 bridgehead atoms. The summed E-state index contributed by atoms with van der Waals surface area (Å²) in [6.45, 7) is 0. The number of halogens is 2. The first-order valence-electron chi connectivity index (χ1n) is 6.41. The number of rotatable bonds is 3. The van der Waals surface area contributed by atoms with Crippen LogP contribution in [0.25, 0.3) is 16.9 Å². The van der Waals surface area contributed by atoms with Crippen LogP contribution < -0.4 is 10.5 Å². The highest BCUT2D eigenvalue weighted by Gasteiger charge is 2.15. The van der Waals surface area contributed by atoms with Crippen molar-refractivity contribution < 1.29 is 13.5 Å². The Labute approximate surface area is 124 Å². The van der Waals surface area contributed by atoms with Crippen molar-refractivity contribution >= 4 is 5.82 Å². The molecular formula is C15H12F2N4O. The number of hydrogen-bond donors (Lipinski definition) is 1. The highest BCUT2D eigenvalue weighted by molar-refractivity contribution is 5.71. The van der Waals surface area contributed by atoms with Gasteiger partial charge in [-0.05, 0) is 42.5 Å². The van der Waals surface area contributed by atoms with Crippen molar-refractivity contribution in [3.63, 3.8) is 0 Å². The number of benzene rings is 2. The van der Waals surface area contributed by atoms with E-state index in [1.807, 2.05) is 0 Å². The summed E-state index contributed by atoms with van der Waals surface area (Å²) in [4.78, 5) is 0. The predicted molar refractivity (Wildman–Crippen MR) is 77.7 cm³/mol. The average molecular weight is 302 g/mol. The molecule has 7 heteroatoms. The molecule has 112 valence electrons. The number of anilines is 1. The van der Waals surface area contributed by atoms with Crippen LogP contribution >= 0.6 is 0 Å². The van der Waals surface area contributed by atoms with Gasteiger partial charge in [0, 0.05) is 5.56 Å². The third-order valence-corrected chi connectivity index (χ3v) is 3.22. The molecule has 0 radical (unpaired) electrons. The third kappa shape index (κ3) is 2.37. The SMILES string of the molecule is COc1ccc(-n2nnc(-c3ccc(F)c(F)c3)c2N)cc1. The van der Waals surface area contributed by atoms with Crippen molar-refractivity contribution in [2.45, 2.75) is 0 Å². The zero-order chi connectivity index (χ0) is 15.7. The summed E-state index contributed by atoms with van der Waals surface area (Å²) < 4.78 is 32.8. The normalized spacial score (nSPS) is 10.7. The molecule has 2 aromatic carbocycles. The molecule has 1 heterocycles. The zero-order valence-corrected chi connectivity index (χ0v) is 11.6. The first-order valence-corrected chi connectivity index (χ1v) is 6.41. The van der Waals surface area contributed by atoms with E-state index in [1.165, 1.54) is 10.7 Å². The molecule has 2 N–H and O–H groups in total. The fourth-order valence-electron chi connectivity index (χ4n) is 2.05. The maximum atomic E-state index is 13.3. The molecule has 5 nitrogen and oxygen atoms in total. The molecule has 0 fully saturated rings. The molecule has 1 aromatic heterocycles. The van der Waals surface area contributed by atoms with Crippen LogP contribution in [0.1, 0.15) is 0 Å². The van der Waals surface area contributed by atoms with Crippen molar-refractivity contribution in [1.82, 2.24) is 15.0 Å². The summed E-state index contributed by atoms with van der Waals surface area (Å²) in [5, 5.41) is 7.90. The zero-order valence-electron chi connectivity index (χ0n) is 11.6. The largest absolute Gasteiger partial charge is 0.497 e. The highest BCUT2D eigenvalue weighted by atomic mass is 19.2. The van der Waals surface area contributed by atoms with E-state index in [-0.39, 0.29) is 11.5 Å². The molecule has 0 unspecified atom stereocenters. The third-order valence-electron chi connectivity index (χ3n) is 3.22. The average Bonchev–Trinajstić information content (AvgIpc) is 2.92. The quantitative estimate of drug-likeness (QED) is 0.808. The van der Waals surface area contributed by atoms with Crippen LogP contribution in [0.2, 0.25) is 0 Å².